The Morgan fingerprint density at radius 2 is 2.12 bits per heavy atom. The molecule has 0 amide bonds. The van der Waals surface area contributed by atoms with Gasteiger partial charge >= 0.3 is 0 Å². The van der Waals surface area contributed by atoms with Crippen molar-refractivity contribution in [3.8, 4) is 0 Å². The minimum absolute atomic E-state index is 0.0249. The van der Waals surface area contributed by atoms with E-state index in [0.29, 0.717) is 5.11 Å². The van der Waals surface area contributed by atoms with Crippen molar-refractivity contribution in [1.29, 1.82) is 0 Å². The van der Waals surface area contributed by atoms with Crippen LogP contribution in [0.3, 0.4) is 0 Å². The molecule has 1 aliphatic carbocycles. The molecule has 1 aliphatic rings. The first-order valence-corrected chi connectivity index (χ1v) is 6.78. The minimum Gasteiger partial charge on any atom is -0.382 e. The molecule has 0 aromatic heterocycles. The zero-order valence-corrected chi connectivity index (χ0v) is 11.7. The Morgan fingerprint density at radius 1 is 1.35 bits per heavy atom. The molecule has 2 N–H and O–H groups in total. The quantitative estimate of drug-likeness (QED) is 0.511. The summed E-state index contributed by atoms with van der Waals surface area (Å²) in [4.78, 5) is 0. The molecule has 0 unspecified atom stereocenters. The van der Waals surface area contributed by atoms with Gasteiger partial charge in [0.1, 0.15) is 0 Å². The second-order valence-corrected chi connectivity index (χ2v) is 4.81. The molecule has 17 heavy (non-hydrogen) atoms. The fourth-order valence-corrected chi connectivity index (χ4v) is 2.02. The highest BCUT2D eigenvalue weighted by Crippen LogP contribution is 2.34. The Labute approximate surface area is 109 Å². The molecule has 0 aromatic carbocycles. The van der Waals surface area contributed by atoms with Crippen molar-refractivity contribution in [1.82, 2.24) is 10.6 Å². The third-order valence-corrected chi connectivity index (χ3v) is 3.51. The van der Waals surface area contributed by atoms with Crippen molar-refractivity contribution in [2.24, 2.45) is 0 Å². The fourth-order valence-electron chi connectivity index (χ4n) is 1.85. The van der Waals surface area contributed by atoms with E-state index < -0.39 is 0 Å². The first-order valence-electron chi connectivity index (χ1n) is 6.37. The van der Waals surface area contributed by atoms with Crippen molar-refractivity contribution in [3.05, 3.63) is 0 Å². The Morgan fingerprint density at radius 3 is 2.65 bits per heavy atom. The highest BCUT2D eigenvalue weighted by Gasteiger charge is 2.36. The number of nitrogens with one attached hydrogen (secondary N) is 2. The number of methoxy groups -OCH3 is 1. The monoisotopic (exact) mass is 260 g/mol. The van der Waals surface area contributed by atoms with Gasteiger partial charge in [-0.3, -0.25) is 0 Å². The topological polar surface area (TPSA) is 42.5 Å². The van der Waals surface area contributed by atoms with Gasteiger partial charge in [0.25, 0.3) is 0 Å². The van der Waals surface area contributed by atoms with Crippen molar-refractivity contribution < 1.29 is 9.47 Å². The predicted molar refractivity (Wildman–Crippen MR) is 73.3 cm³/mol. The highest BCUT2D eigenvalue weighted by atomic mass is 32.1. The molecule has 100 valence electrons. The largest absolute Gasteiger partial charge is 0.382 e. The van der Waals surface area contributed by atoms with Crippen LogP contribution in [0.4, 0.5) is 0 Å². The van der Waals surface area contributed by atoms with Crippen molar-refractivity contribution in [3.63, 3.8) is 0 Å². The zero-order valence-electron chi connectivity index (χ0n) is 10.9. The van der Waals surface area contributed by atoms with Gasteiger partial charge in [-0.2, -0.15) is 0 Å². The molecule has 0 saturated heterocycles. The molecule has 0 spiro atoms. The van der Waals surface area contributed by atoms with Crippen molar-refractivity contribution >= 4 is 17.3 Å². The van der Waals surface area contributed by atoms with Gasteiger partial charge in [-0.05, 0) is 44.8 Å². The molecule has 1 fully saturated rings. The van der Waals surface area contributed by atoms with Gasteiger partial charge in [0.2, 0.25) is 0 Å². The molecule has 5 heteroatoms. The SMILES string of the molecule is CCOCCCNC(=S)NCC1(OC)CCC1. The van der Waals surface area contributed by atoms with E-state index in [4.69, 9.17) is 21.7 Å². The number of ether oxygens (including phenoxy) is 2. The van der Waals surface area contributed by atoms with Crippen LogP contribution in [0.25, 0.3) is 0 Å². The second kappa shape index (κ2) is 7.84. The average molecular weight is 260 g/mol. The Hall–Kier alpha value is -0.390. The van der Waals surface area contributed by atoms with Crippen LogP contribution in [-0.2, 0) is 9.47 Å². The van der Waals surface area contributed by atoms with E-state index in [9.17, 15) is 0 Å². The molecule has 0 radical (unpaired) electrons. The Bertz CT molecular complexity index is 227. The summed E-state index contributed by atoms with van der Waals surface area (Å²) >= 11 is 5.20. The third-order valence-electron chi connectivity index (χ3n) is 3.22. The predicted octanol–water partition coefficient (Wildman–Crippen LogP) is 1.45. The number of thiocarbonyl (C=S) groups is 1. The van der Waals surface area contributed by atoms with E-state index in [1.54, 1.807) is 7.11 Å². The lowest BCUT2D eigenvalue weighted by molar-refractivity contribution is -0.0665. The smallest absolute Gasteiger partial charge is 0.166 e. The summed E-state index contributed by atoms with van der Waals surface area (Å²) < 4.78 is 10.8. The van der Waals surface area contributed by atoms with Crippen LogP contribution in [0.5, 0.6) is 0 Å². The van der Waals surface area contributed by atoms with Crippen LogP contribution >= 0.6 is 12.2 Å². The summed E-state index contributed by atoms with van der Waals surface area (Å²) in [5.74, 6) is 0. The first kappa shape index (κ1) is 14.7. The van der Waals surface area contributed by atoms with E-state index in [0.717, 1.165) is 45.6 Å². The molecule has 0 aliphatic heterocycles. The molecule has 0 aromatic rings. The average Bonchev–Trinajstić information content (AvgIpc) is 2.28. The van der Waals surface area contributed by atoms with Crippen LogP contribution < -0.4 is 10.6 Å². The summed E-state index contributed by atoms with van der Waals surface area (Å²) in [6, 6.07) is 0. The lowest BCUT2D eigenvalue weighted by Crippen LogP contribution is -2.51. The van der Waals surface area contributed by atoms with Gasteiger partial charge in [0, 0.05) is 33.4 Å². The van der Waals surface area contributed by atoms with Crippen LogP contribution in [0.2, 0.25) is 0 Å². The summed E-state index contributed by atoms with van der Waals surface area (Å²) in [5, 5.41) is 7.11. The molecule has 0 atom stereocenters. The molecule has 0 bridgehead atoms. The van der Waals surface area contributed by atoms with Gasteiger partial charge in [-0.1, -0.05) is 0 Å². The van der Waals surface area contributed by atoms with Crippen molar-refractivity contribution in [2.45, 2.75) is 38.2 Å². The maximum absolute atomic E-state index is 5.51. The van der Waals surface area contributed by atoms with Crippen molar-refractivity contribution in [2.75, 3.05) is 33.4 Å². The molecule has 4 nitrogen and oxygen atoms in total. The molecule has 1 saturated carbocycles. The standard InChI is InChI=1S/C12H24N2O2S/c1-3-16-9-5-8-13-11(17)14-10-12(15-2)6-4-7-12/h3-10H2,1-2H3,(H2,13,14,17). The van der Waals surface area contributed by atoms with E-state index in [1.807, 2.05) is 6.92 Å². The Balaban J connectivity index is 2.01. The van der Waals surface area contributed by atoms with Gasteiger partial charge < -0.3 is 20.1 Å². The van der Waals surface area contributed by atoms with E-state index in [-0.39, 0.29) is 5.60 Å². The third kappa shape index (κ3) is 5.19. The number of rotatable bonds is 8. The summed E-state index contributed by atoms with van der Waals surface area (Å²) in [6.07, 6.45) is 4.49. The van der Waals surface area contributed by atoms with Gasteiger partial charge in [-0.25, -0.2) is 0 Å². The van der Waals surface area contributed by atoms with E-state index >= 15 is 0 Å². The van der Waals surface area contributed by atoms with Gasteiger partial charge in [0.05, 0.1) is 5.60 Å². The van der Waals surface area contributed by atoms with E-state index in [1.165, 1.54) is 6.42 Å². The lowest BCUT2D eigenvalue weighted by atomic mass is 9.80. The minimum atomic E-state index is 0.0249. The molecular weight excluding hydrogens is 236 g/mol. The maximum atomic E-state index is 5.51. The maximum Gasteiger partial charge on any atom is 0.166 e. The van der Waals surface area contributed by atoms with E-state index in [2.05, 4.69) is 10.6 Å². The molecule has 0 heterocycles. The van der Waals surface area contributed by atoms with Gasteiger partial charge in [0.15, 0.2) is 5.11 Å². The number of hydrogen-bond donors (Lipinski definition) is 2. The normalized spacial score (nSPS) is 17.3. The summed E-state index contributed by atoms with van der Waals surface area (Å²) in [5.41, 5.74) is 0.0249. The summed E-state index contributed by atoms with van der Waals surface area (Å²) in [6.45, 7) is 5.22. The molecular formula is C12H24N2O2S. The summed E-state index contributed by atoms with van der Waals surface area (Å²) in [7, 11) is 1.78. The first-order chi connectivity index (χ1) is 8.22. The van der Waals surface area contributed by atoms with Crippen LogP contribution in [-0.4, -0.2) is 44.1 Å². The Kier molecular flexibility index (Phi) is 6.77. The van der Waals surface area contributed by atoms with Crippen LogP contribution in [0, 0.1) is 0 Å². The highest BCUT2D eigenvalue weighted by molar-refractivity contribution is 7.80. The zero-order chi connectivity index (χ0) is 12.6. The fraction of sp³-hybridized carbons (Fsp3) is 0.917. The van der Waals surface area contributed by atoms with Gasteiger partial charge in [-0.15, -0.1) is 0 Å². The number of hydrogen-bond acceptors (Lipinski definition) is 3. The van der Waals surface area contributed by atoms with Crippen LogP contribution in [0.1, 0.15) is 32.6 Å². The lowest BCUT2D eigenvalue weighted by Gasteiger charge is -2.40. The second-order valence-electron chi connectivity index (χ2n) is 4.40. The van der Waals surface area contributed by atoms with Crippen LogP contribution in [0.15, 0.2) is 0 Å². The molecule has 1 rings (SSSR count).